The molecule has 0 aliphatic carbocycles. The van der Waals surface area contributed by atoms with Gasteiger partial charge in [-0.1, -0.05) is 82.9 Å². The smallest absolute Gasteiger partial charge is 0.113 e. The van der Waals surface area contributed by atoms with Gasteiger partial charge in [0.25, 0.3) is 0 Å². The van der Waals surface area contributed by atoms with Gasteiger partial charge in [-0.05, 0) is 48.2 Å². The first-order chi connectivity index (χ1) is 14.3. The Labute approximate surface area is 175 Å². The van der Waals surface area contributed by atoms with Crippen LogP contribution < -0.4 is 5.73 Å². The SMILES string of the molecule is CCCCCCCCCCCCc1cc(CN)cc(-n2nc3ccccc3n2)c1. The molecule has 1 aromatic heterocycles. The van der Waals surface area contributed by atoms with Crippen molar-refractivity contribution in [2.75, 3.05) is 0 Å². The van der Waals surface area contributed by atoms with Crippen LogP contribution in [-0.2, 0) is 13.0 Å². The first kappa shape index (κ1) is 21.5. The van der Waals surface area contributed by atoms with Gasteiger partial charge in [0.05, 0.1) is 5.69 Å². The molecule has 0 saturated heterocycles. The Balaban J connectivity index is 1.49. The third-order valence-electron chi connectivity index (χ3n) is 5.61. The molecule has 4 heteroatoms. The zero-order chi connectivity index (χ0) is 20.3. The minimum Gasteiger partial charge on any atom is -0.326 e. The van der Waals surface area contributed by atoms with Gasteiger partial charge in [-0.15, -0.1) is 10.2 Å². The van der Waals surface area contributed by atoms with Crippen LogP contribution in [0.2, 0.25) is 0 Å². The van der Waals surface area contributed by atoms with Gasteiger partial charge in [-0.25, -0.2) is 0 Å². The summed E-state index contributed by atoms with van der Waals surface area (Å²) in [5.41, 5.74) is 11.3. The lowest BCUT2D eigenvalue weighted by Crippen LogP contribution is -2.04. The highest BCUT2D eigenvalue weighted by Gasteiger charge is 2.07. The third kappa shape index (κ3) is 6.67. The van der Waals surface area contributed by atoms with Gasteiger partial charge in [-0.3, -0.25) is 0 Å². The van der Waals surface area contributed by atoms with Crippen molar-refractivity contribution in [3.05, 3.63) is 53.6 Å². The number of aromatic nitrogens is 3. The Morgan fingerprint density at radius 2 is 1.28 bits per heavy atom. The second kappa shape index (κ2) is 11.7. The summed E-state index contributed by atoms with van der Waals surface area (Å²) in [4.78, 5) is 1.74. The van der Waals surface area contributed by atoms with Gasteiger partial charge in [0.15, 0.2) is 0 Å². The number of aryl methyl sites for hydroxylation is 1. The summed E-state index contributed by atoms with van der Waals surface area (Å²) in [5, 5.41) is 9.24. The molecule has 4 nitrogen and oxygen atoms in total. The summed E-state index contributed by atoms with van der Waals surface area (Å²) in [5.74, 6) is 0. The van der Waals surface area contributed by atoms with Gasteiger partial charge in [-0.2, -0.15) is 4.80 Å². The molecule has 0 saturated carbocycles. The molecule has 0 aliphatic rings. The molecule has 3 aromatic rings. The van der Waals surface area contributed by atoms with E-state index in [-0.39, 0.29) is 0 Å². The molecular formula is C25H36N4. The Kier molecular flexibility index (Phi) is 8.69. The van der Waals surface area contributed by atoms with Crippen molar-refractivity contribution in [1.82, 2.24) is 15.0 Å². The molecule has 3 rings (SSSR count). The standard InChI is InChI=1S/C25H36N4/c1-2-3-4-5-6-7-8-9-10-11-14-21-17-22(20-26)19-23(18-21)29-27-24-15-12-13-16-25(24)28-29/h12-13,15-19H,2-11,14,20,26H2,1H3. The summed E-state index contributed by atoms with van der Waals surface area (Å²) in [6, 6.07) is 14.5. The molecule has 0 spiro atoms. The third-order valence-corrected chi connectivity index (χ3v) is 5.61. The molecule has 0 atom stereocenters. The molecule has 0 bridgehead atoms. The fraction of sp³-hybridized carbons (Fsp3) is 0.520. The van der Waals surface area contributed by atoms with Crippen molar-refractivity contribution in [2.45, 2.75) is 84.1 Å². The molecule has 2 aromatic carbocycles. The van der Waals surface area contributed by atoms with Gasteiger partial charge in [0.2, 0.25) is 0 Å². The van der Waals surface area contributed by atoms with Crippen LogP contribution in [0.4, 0.5) is 0 Å². The zero-order valence-electron chi connectivity index (χ0n) is 17.9. The molecule has 29 heavy (non-hydrogen) atoms. The monoisotopic (exact) mass is 392 g/mol. The molecule has 2 N–H and O–H groups in total. The molecule has 0 fully saturated rings. The fourth-order valence-corrected chi connectivity index (χ4v) is 3.91. The van der Waals surface area contributed by atoms with E-state index in [1.165, 1.54) is 69.8 Å². The second-order valence-corrected chi connectivity index (χ2v) is 8.12. The van der Waals surface area contributed by atoms with Crippen molar-refractivity contribution >= 4 is 11.0 Å². The number of benzene rings is 2. The highest BCUT2D eigenvalue weighted by Crippen LogP contribution is 2.18. The van der Waals surface area contributed by atoms with E-state index in [2.05, 4.69) is 35.3 Å². The topological polar surface area (TPSA) is 56.7 Å². The Bertz CT molecular complexity index is 835. The van der Waals surface area contributed by atoms with Crippen LogP contribution in [0.1, 0.15) is 82.3 Å². The molecule has 0 radical (unpaired) electrons. The van der Waals surface area contributed by atoms with Gasteiger partial charge < -0.3 is 5.73 Å². The van der Waals surface area contributed by atoms with Gasteiger partial charge in [0.1, 0.15) is 11.0 Å². The minimum atomic E-state index is 0.541. The summed E-state index contributed by atoms with van der Waals surface area (Å²) < 4.78 is 0. The first-order valence-corrected chi connectivity index (χ1v) is 11.5. The molecular weight excluding hydrogens is 356 g/mol. The van der Waals surface area contributed by atoms with Crippen LogP contribution in [0.15, 0.2) is 42.5 Å². The molecule has 0 amide bonds. The van der Waals surface area contributed by atoms with Crippen molar-refractivity contribution < 1.29 is 0 Å². The Morgan fingerprint density at radius 3 is 1.86 bits per heavy atom. The highest BCUT2D eigenvalue weighted by atomic mass is 15.5. The molecule has 0 unspecified atom stereocenters. The van der Waals surface area contributed by atoms with Gasteiger partial charge in [0, 0.05) is 6.54 Å². The number of fused-ring (bicyclic) bond motifs is 1. The van der Waals surface area contributed by atoms with E-state index in [1.54, 1.807) is 4.80 Å². The number of unbranched alkanes of at least 4 members (excludes halogenated alkanes) is 9. The Morgan fingerprint density at radius 1 is 0.724 bits per heavy atom. The van der Waals surface area contributed by atoms with Crippen LogP contribution in [0.3, 0.4) is 0 Å². The van der Waals surface area contributed by atoms with E-state index in [0.717, 1.165) is 28.7 Å². The van der Waals surface area contributed by atoms with Gasteiger partial charge >= 0.3 is 0 Å². The second-order valence-electron chi connectivity index (χ2n) is 8.12. The molecule has 0 aliphatic heterocycles. The first-order valence-electron chi connectivity index (χ1n) is 11.5. The fourth-order valence-electron chi connectivity index (χ4n) is 3.91. The summed E-state index contributed by atoms with van der Waals surface area (Å²) in [6.07, 6.45) is 14.7. The maximum atomic E-state index is 5.94. The highest BCUT2D eigenvalue weighted by molar-refractivity contribution is 5.73. The number of nitrogens with zero attached hydrogens (tertiary/aromatic N) is 3. The normalized spacial score (nSPS) is 11.4. The van der Waals surface area contributed by atoms with Crippen LogP contribution >= 0.6 is 0 Å². The van der Waals surface area contributed by atoms with Crippen LogP contribution in [0.5, 0.6) is 0 Å². The lowest BCUT2D eigenvalue weighted by Gasteiger charge is -2.08. The summed E-state index contributed by atoms with van der Waals surface area (Å²) in [6.45, 7) is 2.82. The quantitative estimate of drug-likeness (QED) is 0.345. The molecule has 156 valence electrons. The van der Waals surface area contributed by atoms with Crippen molar-refractivity contribution in [2.24, 2.45) is 5.73 Å². The lowest BCUT2D eigenvalue weighted by molar-refractivity contribution is 0.556. The van der Waals surface area contributed by atoms with Crippen LogP contribution in [0, 0.1) is 0 Å². The maximum Gasteiger partial charge on any atom is 0.113 e. The lowest BCUT2D eigenvalue weighted by atomic mass is 10.0. The van der Waals surface area contributed by atoms with E-state index in [0.29, 0.717) is 6.54 Å². The van der Waals surface area contributed by atoms with E-state index >= 15 is 0 Å². The number of hydrogen-bond donors (Lipinski definition) is 1. The largest absolute Gasteiger partial charge is 0.326 e. The average molecular weight is 393 g/mol. The maximum absolute atomic E-state index is 5.94. The summed E-state index contributed by atoms with van der Waals surface area (Å²) >= 11 is 0. The van der Waals surface area contributed by atoms with E-state index in [1.807, 2.05) is 24.3 Å². The summed E-state index contributed by atoms with van der Waals surface area (Å²) in [7, 11) is 0. The predicted molar refractivity (Wildman–Crippen MR) is 122 cm³/mol. The van der Waals surface area contributed by atoms with Crippen LogP contribution in [-0.4, -0.2) is 15.0 Å². The number of nitrogens with two attached hydrogens (primary N) is 1. The van der Waals surface area contributed by atoms with E-state index < -0.39 is 0 Å². The van der Waals surface area contributed by atoms with E-state index in [9.17, 15) is 0 Å². The van der Waals surface area contributed by atoms with E-state index in [4.69, 9.17) is 5.73 Å². The van der Waals surface area contributed by atoms with Crippen LogP contribution in [0.25, 0.3) is 16.7 Å². The number of hydrogen-bond acceptors (Lipinski definition) is 3. The average Bonchev–Trinajstić information content (AvgIpc) is 3.19. The minimum absolute atomic E-state index is 0.541. The number of rotatable bonds is 13. The Hall–Kier alpha value is -2.20. The predicted octanol–water partition coefficient (Wildman–Crippen LogP) is 6.34. The van der Waals surface area contributed by atoms with Crippen molar-refractivity contribution in [3.8, 4) is 5.69 Å². The van der Waals surface area contributed by atoms with Crippen molar-refractivity contribution in [1.29, 1.82) is 0 Å². The van der Waals surface area contributed by atoms with Crippen molar-refractivity contribution in [3.63, 3.8) is 0 Å². The zero-order valence-corrected chi connectivity index (χ0v) is 17.9. The molecule has 1 heterocycles.